The van der Waals surface area contributed by atoms with Gasteiger partial charge in [-0.3, -0.25) is 19.6 Å². The highest BCUT2D eigenvalue weighted by Crippen LogP contribution is 2.47. The molecule has 0 fully saturated rings. The molecule has 6 nitrogen and oxygen atoms in total. The fourth-order valence-corrected chi connectivity index (χ4v) is 10.0. The minimum atomic E-state index is -0.0448. The summed E-state index contributed by atoms with van der Waals surface area (Å²) in [4.78, 5) is 44.1. The SMILES string of the molecule is CCCCCCCCCCC(CCCCCCCC)CN1C(=O)C2=C(c3ccccn3)N(CC(CCCCCCCC)CCCCCCCCCC)C(=O)C2=C1c1ccccn1. The van der Waals surface area contributed by atoms with Crippen LogP contribution in [-0.2, 0) is 9.59 Å². The number of unbranched alkanes of at least 4 members (excludes halogenated alkanes) is 24. The largest absolute Gasteiger partial charge is 0.305 e. The molecule has 4 heterocycles. The maximum absolute atomic E-state index is 15.2. The first-order chi connectivity index (χ1) is 30.5. The van der Waals surface area contributed by atoms with Gasteiger partial charge >= 0.3 is 0 Å². The molecule has 0 saturated carbocycles. The number of hydrogen-bond donors (Lipinski definition) is 0. The Morgan fingerprint density at radius 2 is 0.661 bits per heavy atom. The lowest BCUT2D eigenvalue weighted by atomic mass is 9.93. The Hall–Kier alpha value is -3.28. The minimum Gasteiger partial charge on any atom is -0.305 e. The van der Waals surface area contributed by atoms with Crippen LogP contribution in [0.5, 0.6) is 0 Å². The first-order valence-electron chi connectivity index (χ1n) is 26.5. The summed E-state index contributed by atoms with van der Waals surface area (Å²) in [5, 5.41) is 0. The second-order valence-corrected chi connectivity index (χ2v) is 19.1. The van der Waals surface area contributed by atoms with Crippen LogP contribution in [0, 0.1) is 11.8 Å². The highest BCUT2D eigenvalue weighted by molar-refractivity contribution is 6.30. The molecular formula is C56H90N4O2. The number of nitrogens with zero attached hydrogens (tertiary/aromatic N) is 4. The first kappa shape index (κ1) is 51.4. The smallest absolute Gasteiger partial charge is 0.261 e. The van der Waals surface area contributed by atoms with Crippen molar-refractivity contribution in [2.75, 3.05) is 13.1 Å². The third-order valence-corrected chi connectivity index (χ3v) is 13.7. The Kier molecular flexibility index (Phi) is 26.1. The predicted molar refractivity (Wildman–Crippen MR) is 263 cm³/mol. The number of hydrogen-bond acceptors (Lipinski definition) is 4. The van der Waals surface area contributed by atoms with Crippen molar-refractivity contribution in [1.29, 1.82) is 0 Å². The second-order valence-electron chi connectivity index (χ2n) is 19.1. The summed E-state index contributed by atoms with van der Waals surface area (Å²) < 4.78 is 0. The molecule has 6 heteroatoms. The van der Waals surface area contributed by atoms with Gasteiger partial charge in [-0.2, -0.15) is 0 Å². The second kappa shape index (κ2) is 31.5. The summed E-state index contributed by atoms with van der Waals surface area (Å²) in [6.45, 7) is 10.4. The van der Waals surface area contributed by atoms with E-state index < -0.39 is 0 Å². The van der Waals surface area contributed by atoms with Gasteiger partial charge in [-0.05, 0) is 61.8 Å². The first-order valence-corrected chi connectivity index (χ1v) is 26.5. The topological polar surface area (TPSA) is 66.4 Å². The van der Waals surface area contributed by atoms with Crippen LogP contribution in [-0.4, -0.2) is 44.7 Å². The normalized spacial score (nSPS) is 15.1. The number of carbonyl (C=O) groups excluding carboxylic acids is 2. The molecule has 2 unspecified atom stereocenters. The molecule has 0 N–H and O–H groups in total. The van der Waals surface area contributed by atoms with Crippen LogP contribution in [0.1, 0.15) is 245 Å². The number of rotatable bonds is 38. The summed E-state index contributed by atoms with van der Waals surface area (Å²) >= 11 is 0. The molecule has 2 aromatic rings. The molecule has 2 atom stereocenters. The highest BCUT2D eigenvalue weighted by Gasteiger charge is 2.50. The molecule has 2 aliphatic heterocycles. The Balaban J connectivity index is 1.62. The fraction of sp³-hybridized carbons (Fsp3) is 0.714. The van der Waals surface area contributed by atoms with Gasteiger partial charge in [-0.1, -0.05) is 220 Å². The molecule has 2 amide bonds. The lowest BCUT2D eigenvalue weighted by Crippen LogP contribution is -2.35. The summed E-state index contributed by atoms with van der Waals surface area (Å²) in [5.41, 5.74) is 3.95. The average Bonchev–Trinajstić information content (AvgIpc) is 3.73. The van der Waals surface area contributed by atoms with Gasteiger partial charge in [-0.25, -0.2) is 0 Å². The number of fused-ring (bicyclic) bond motifs is 1. The van der Waals surface area contributed by atoms with Gasteiger partial charge in [0.1, 0.15) is 0 Å². The molecule has 2 aromatic heterocycles. The predicted octanol–water partition coefficient (Wildman–Crippen LogP) is 16.1. The maximum atomic E-state index is 15.2. The lowest BCUT2D eigenvalue weighted by Gasteiger charge is -2.29. The van der Waals surface area contributed by atoms with E-state index in [-0.39, 0.29) is 11.8 Å². The molecule has 0 bridgehead atoms. The molecular weight excluding hydrogens is 761 g/mol. The van der Waals surface area contributed by atoms with E-state index in [1.807, 2.05) is 46.2 Å². The van der Waals surface area contributed by atoms with Crippen molar-refractivity contribution in [3.05, 3.63) is 71.3 Å². The number of amides is 2. The maximum Gasteiger partial charge on any atom is 0.261 e. The zero-order valence-corrected chi connectivity index (χ0v) is 40.4. The fourth-order valence-electron chi connectivity index (χ4n) is 10.0. The molecule has 4 rings (SSSR count). The Bertz CT molecular complexity index is 1450. The summed E-state index contributed by atoms with van der Waals surface area (Å²) in [6.07, 6.45) is 44.0. The van der Waals surface area contributed by atoms with Crippen molar-refractivity contribution in [3.8, 4) is 0 Å². The molecule has 0 spiro atoms. The van der Waals surface area contributed by atoms with Crippen LogP contribution in [0.15, 0.2) is 59.9 Å². The van der Waals surface area contributed by atoms with Gasteiger partial charge in [0.25, 0.3) is 11.8 Å². The third kappa shape index (κ3) is 17.4. The van der Waals surface area contributed by atoms with Crippen molar-refractivity contribution in [1.82, 2.24) is 19.8 Å². The summed E-state index contributed by atoms with van der Waals surface area (Å²) in [7, 11) is 0. The molecule has 0 saturated heterocycles. The summed E-state index contributed by atoms with van der Waals surface area (Å²) in [6, 6.07) is 11.8. The Morgan fingerprint density at radius 3 is 0.919 bits per heavy atom. The van der Waals surface area contributed by atoms with Crippen LogP contribution < -0.4 is 0 Å². The van der Waals surface area contributed by atoms with Gasteiger partial charge < -0.3 is 9.80 Å². The molecule has 0 aliphatic carbocycles. The van der Waals surface area contributed by atoms with E-state index >= 15 is 9.59 Å². The van der Waals surface area contributed by atoms with Gasteiger partial charge in [-0.15, -0.1) is 0 Å². The molecule has 0 aromatic carbocycles. The van der Waals surface area contributed by atoms with Crippen LogP contribution in [0.25, 0.3) is 11.4 Å². The van der Waals surface area contributed by atoms with Crippen LogP contribution in [0.2, 0.25) is 0 Å². The van der Waals surface area contributed by atoms with Crippen molar-refractivity contribution in [3.63, 3.8) is 0 Å². The van der Waals surface area contributed by atoms with Gasteiger partial charge in [0, 0.05) is 25.5 Å². The van der Waals surface area contributed by atoms with Crippen LogP contribution >= 0.6 is 0 Å². The highest BCUT2D eigenvalue weighted by atomic mass is 16.2. The van der Waals surface area contributed by atoms with Crippen LogP contribution in [0.4, 0.5) is 0 Å². The Labute approximate surface area is 380 Å². The van der Waals surface area contributed by atoms with E-state index in [4.69, 9.17) is 9.97 Å². The lowest BCUT2D eigenvalue weighted by molar-refractivity contribution is -0.124. The molecule has 346 valence electrons. The van der Waals surface area contributed by atoms with Crippen molar-refractivity contribution in [2.45, 2.75) is 233 Å². The van der Waals surface area contributed by atoms with Crippen molar-refractivity contribution >= 4 is 23.2 Å². The quantitative estimate of drug-likeness (QED) is 0.0631. The zero-order chi connectivity index (χ0) is 44.0. The van der Waals surface area contributed by atoms with E-state index in [2.05, 4.69) is 27.7 Å². The van der Waals surface area contributed by atoms with E-state index in [1.54, 1.807) is 12.4 Å². The number of carbonyl (C=O) groups is 2. The van der Waals surface area contributed by atoms with E-state index in [9.17, 15) is 0 Å². The number of pyridine rings is 2. The number of aromatic nitrogens is 2. The van der Waals surface area contributed by atoms with E-state index in [1.165, 1.54) is 180 Å². The minimum absolute atomic E-state index is 0.0448. The van der Waals surface area contributed by atoms with Crippen molar-refractivity contribution < 1.29 is 9.59 Å². The van der Waals surface area contributed by atoms with Gasteiger partial charge in [0.2, 0.25) is 0 Å². The van der Waals surface area contributed by atoms with Crippen molar-refractivity contribution in [2.24, 2.45) is 11.8 Å². The van der Waals surface area contributed by atoms with E-state index in [0.717, 1.165) is 37.1 Å². The molecule has 2 aliphatic rings. The monoisotopic (exact) mass is 851 g/mol. The Morgan fingerprint density at radius 1 is 0.387 bits per heavy atom. The molecule has 0 radical (unpaired) electrons. The van der Waals surface area contributed by atoms with Gasteiger partial charge in [0.15, 0.2) is 0 Å². The zero-order valence-electron chi connectivity index (χ0n) is 40.4. The van der Waals surface area contributed by atoms with Crippen LogP contribution in [0.3, 0.4) is 0 Å². The average molecular weight is 851 g/mol. The van der Waals surface area contributed by atoms with Gasteiger partial charge in [0.05, 0.1) is 33.9 Å². The standard InChI is InChI=1S/C56H90N4O2/c1-5-9-13-17-21-23-27-31-39-47(37-29-25-19-15-11-7-3)45-59-53(49-41-33-35-43-57-49)51-52(55(59)61)54(50-42-34-36-44-58-50)60(56(51)62)46-48(38-30-26-20-16-12-8-4)40-32-28-24-22-18-14-10-6-2/h33-36,41-44,47-48H,5-32,37-40,45-46H2,1-4H3. The molecule has 62 heavy (non-hydrogen) atoms. The summed E-state index contributed by atoms with van der Waals surface area (Å²) in [5.74, 6) is 0.664. The third-order valence-electron chi connectivity index (χ3n) is 13.7. The van der Waals surface area contributed by atoms with E-state index in [0.29, 0.717) is 47.5 Å².